The molecule has 1 saturated heterocycles. The molecule has 2 N–H and O–H groups in total. The van der Waals surface area contributed by atoms with Gasteiger partial charge in [0.15, 0.2) is 6.29 Å². The second kappa shape index (κ2) is 17.1. The Kier molecular flexibility index (Phi) is 13.3. The highest BCUT2D eigenvalue weighted by atomic mass is 32.1. The van der Waals surface area contributed by atoms with E-state index in [2.05, 4.69) is 4.98 Å². The fraction of sp³-hybridized carbons (Fsp3) is 0.333. The van der Waals surface area contributed by atoms with Crippen LogP contribution in [0.15, 0.2) is 77.2 Å². The number of nitrogens with zero attached hydrogens (tertiary/aromatic N) is 1. The van der Waals surface area contributed by atoms with Crippen LogP contribution in [0, 0.1) is 0 Å². The minimum Gasteiger partial charge on any atom is -0.489 e. The smallest absolute Gasteiger partial charge is 0.333 e. The molecule has 0 bridgehead atoms. The van der Waals surface area contributed by atoms with Crippen molar-refractivity contribution in [3.05, 3.63) is 99.0 Å². The molecule has 1 aliphatic rings. The van der Waals surface area contributed by atoms with Gasteiger partial charge in [-0.1, -0.05) is 42.5 Å². The maximum atomic E-state index is 11.8. The number of benzene rings is 2. The molecule has 9 heteroatoms. The first-order valence-electron chi connectivity index (χ1n) is 13.9. The molecule has 0 aliphatic carbocycles. The second-order valence-corrected chi connectivity index (χ2v) is 10.7. The molecule has 2 unspecified atom stereocenters. The Morgan fingerprint density at radius 1 is 1.12 bits per heavy atom. The molecule has 3 aromatic rings. The van der Waals surface area contributed by atoms with Crippen LogP contribution in [0.25, 0.3) is 6.08 Å². The zero-order valence-electron chi connectivity index (χ0n) is 24.3. The van der Waals surface area contributed by atoms with Gasteiger partial charge in [0, 0.05) is 17.6 Å². The van der Waals surface area contributed by atoms with Crippen molar-refractivity contribution < 1.29 is 28.6 Å². The maximum Gasteiger partial charge on any atom is 0.333 e. The summed E-state index contributed by atoms with van der Waals surface area (Å²) in [7, 11) is 0. The molecular formula is C33H38N2O6S. The number of allylic oxidation sites excluding steroid dienone is 2. The van der Waals surface area contributed by atoms with E-state index in [0.717, 1.165) is 39.6 Å². The van der Waals surface area contributed by atoms with E-state index in [-0.39, 0.29) is 12.0 Å². The molecule has 8 nitrogen and oxygen atoms in total. The van der Waals surface area contributed by atoms with Gasteiger partial charge in [-0.3, -0.25) is 9.59 Å². The molecule has 0 amide bonds. The first kappa shape index (κ1) is 32.6. The molecule has 0 radical (unpaired) electrons. The summed E-state index contributed by atoms with van der Waals surface area (Å²) in [4.78, 5) is 36.8. The number of aromatic nitrogens is 1. The molecule has 4 rings (SSSR count). The monoisotopic (exact) mass is 590 g/mol. The number of hydrogen-bond acceptors (Lipinski definition) is 9. The Hall–Kier alpha value is -3.92. The number of Topliss-reactive ketones (excluding diaryl/α,β-unsaturated/α-hetero) is 1. The number of hydrogen-bond donors (Lipinski definition) is 1. The minimum absolute atomic E-state index is 0.189. The summed E-state index contributed by atoms with van der Waals surface area (Å²) in [5.74, 6) is 0.106. The zero-order chi connectivity index (χ0) is 30.3. The van der Waals surface area contributed by atoms with Gasteiger partial charge < -0.3 is 19.9 Å². The highest BCUT2D eigenvalue weighted by Gasteiger charge is 2.22. The van der Waals surface area contributed by atoms with Crippen molar-refractivity contribution in [3.63, 3.8) is 0 Å². The van der Waals surface area contributed by atoms with Crippen molar-refractivity contribution in [2.24, 2.45) is 5.73 Å². The third-order valence-corrected chi connectivity index (χ3v) is 7.26. The predicted molar refractivity (Wildman–Crippen MR) is 164 cm³/mol. The average molecular weight is 591 g/mol. The Morgan fingerprint density at radius 2 is 1.86 bits per heavy atom. The summed E-state index contributed by atoms with van der Waals surface area (Å²) in [5, 5.41) is 2.86. The Balaban J connectivity index is 0.000000458. The van der Waals surface area contributed by atoms with E-state index in [0.29, 0.717) is 44.5 Å². The lowest BCUT2D eigenvalue weighted by atomic mass is 10.1. The van der Waals surface area contributed by atoms with Gasteiger partial charge in [-0.25, -0.2) is 9.78 Å². The molecule has 2 heterocycles. The van der Waals surface area contributed by atoms with Crippen LogP contribution < -0.4 is 10.5 Å². The molecule has 1 aliphatic heterocycles. The van der Waals surface area contributed by atoms with Gasteiger partial charge >= 0.3 is 5.97 Å². The number of esters is 1. The van der Waals surface area contributed by atoms with Crippen molar-refractivity contribution in [2.45, 2.75) is 58.8 Å². The number of carbonyl (C=O) groups is 3. The number of nitrogens with two attached hydrogens (primary N) is 1. The number of aldehydes is 1. The van der Waals surface area contributed by atoms with Crippen molar-refractivity contribution in [1.82, 2.24) is 4.98 Å². The van der Waals surface area contributed by atoms with Gasteiger partial charge in [-0.15, -0.1) is 11.3 Å². The number of rotatable bonds is 12. The van der Waals surface area contributed by atoms with Gasteiger partial charge in [-0.2, -0.15) is 0 Å². The van der Waals surface area contributed by atoms with Gasteiger partial charge in [0.25, 0.3) is 0 Å². The van der Waals surface area contributed by atoms with Crippen LogP contribution in [0.3, 0.4) is 0 Å². The fourth-order valence-electron chi connectivity index (χ4n) is 4.14. The average Bonchev–Trinajstić information content (AvgIpc) is 3.70. The quantitative estimate of drug-likeness (QED) is 0.0923. The van der Waals surface area contributed by atoms with E-state index in [9.17, 15) is 14.4 Å². The van der Waals surface area contributed by atoms with Crippen molar-refractivity contribution in [1.29, 1.82) is 0 Å². The SMILES string of the molecule is CCOC(=O)/C(C)=C\C(C)=C\c1csc(C(N)Cc2ccc(OCc3ccccc3)cc2)n1.O=CC(=O)C1CCCO1. The fourth-order valence-corrected chi connectivity index (χ4v) is 4.92. The minimum atomic E-state index is -0.428. The summed E-state index contributed by atoms with van der Waals surface area (Å²) in [6, 6.07) is 17.9. The van der Waals surface area contributed by atoms with Crippen LogP contribution >= 0.6 is 11.3 Å². The first-order valence-corrected chi connectivity index (χ1v) is 14.8. The summed E-state index contributed by atoms with van der Waals surface area (Å²) < 4.78 is 15.8. The normalized spacial score (nSPS) is 15.8. The van der Waals surface area contributed by atoms with Crippen molar-refractivity contribution in [2.75, 3.05) is 13.2 Å². The van der Waals surface area contributed by atoms with E-state index in [1.54, 1.807) is 31.3 Å². The van der Waals surface area contributed by atoms with E-state index < -0.39 is 11.9 Å². The molecule has 0 spiro atoms. The highest BCUT2D eigenvalue weighted by Crippen LogP contribution is 2.23. The molecule has 1 fully saturated rings. The number of ether oxygens (including phenoxy) is 3. The van der Waals surface area contributed by atoms with Crippen LogP contribution in [0.5, 0.6) is 5.75 Å². The van der Waals surface area contributed by atoms with Crippen LogP contribution in [0.4, 0.5) is 0 Å². The molecule has 1 aromatic heterocycles. The van der Waals surface area contributed by atoms with E-state index in [4.69, 9.17) is 19.9 Å². The lowest BCUT2D eigenvalue weighted by Gasteiger charge is -2.10. The number of carbonyl (C=O) groups excluding carboxylic acids is 3. The Morgan fingerprint density at radius 3 is 2.50 bits per heavy atom. The Bertz CT molecular complexity index is 1360. The highest BCUT2D eigenvalue weighted by molar-refractivity contribution is 7.09. The van der Waals surface area contributed by atoms with Gasteiger partial charge in [0.1, 0.15) is 23.5 Å². The summed E-state index contributed by atoms with van der Waals surface area (Å²) in [6.45, 7) is 7.00. The number of thiazole rings is 1. The van der Waals surface area contributed by atoms with Gasteiger partial charge in [-0.05, 0) is 81.0 Å². The van der Waals surface area contributed by atoms with Gasteiger partial charge in [0.2, 0.25) is 5.78 Å². The predicted octanol–water partition coefficient (Wildman–Crippen LogP) is 5.81. The lowest BCUT2D eigenvalue weighted by Crippen LogP contribution is -2.19. The van der Waals surface area contributed by atoms with E-state index >= 15 is 0 Å². The Labute approximate surface area is 251 Å². The lowest BCUT2D eigenvalue weighted by molar-refractivity contribution is -0.138. The number of ketones is 1. The second-order valence-electron chi connectivity index (χ2n) is 9.80. The van der Waals surface area contributed by atoms with E-state index in [1.807, 2.05) is 73.0 Å². The van der Waals surface area contributed by atoms with Crippen LogP contribution in [0.1, 0.15) is 61.5 Å². The first-order chi connectivity index (χ1) is 20.3. The van der Waals surface area contributed by atoms with Crippen LogP contribution in [0.2, 0.25) is 0 Å². The van der Waals surface area contributed by atoms with Crippen LogP contribution in [-0.4, -0.2) is 42.3 Å². The molecule has 0 saturated carbocycles. The summed E-state index contributed by atoms with van der Waals surface area (Å²) >= 11 is 1.54. The third-order valence-electron chi connectivity index (χ3n) is 6.26. The molecular weight excluding hydrogens is 552 g/mol. The topological polar surface area (TPSA) is 118 Å². The molecule has 42 heavy (non-hydrogen) atoms. The van der Waals surface area contributed by atoms with Crippen LogP contribution in [-0.2, 0) is 36.9 Å². The zero-order valence-corrected chi connectivity index (χ0v) is 25.1. The standard InChI is InChI=1S/C27H30N2O3S.C6H8O3/c1-4-31-27(30)20(3)14-19(2)15-23-18-33-26(29-23)25(28)16-21-10-12-24(13-11-21)32-17-22-8-6-5-7-9-22;7-4-5(8)6-2-1-3-9-6/h5-15,18,25H,4,16-17,28H2,1-3H3;4,6H,1-3H2/b19-15+,20-14-;. The van der Waals surface area contributed by atoms with Gasteiger partial charge in [0.05, 0.1) is 18.3 Å². The van der Waals surface area contributed by atoms with Crippen molar-refractivity contribution in [3.8, 4) is 5.75 Å². The summed E-state index contributed by atoms with van der Waals surface area (Å²) in [6.07, 6.45) is 5.93. The molecule has 2 atom stereocenters. The largest absolute Gasteiger partial charge is 0.489 e. The maximum absolute atomic E-state index is 11.8. The molecule has 2 aromatic carbocycles. The third kappa shape index (κ3) is 10.8. The molecule has 222 valence electrons. The van der Waals surface area contributed by atoms with Crippen molar-refractivity contribution >= 4 is 35.5 Å². The summed E-state index contributed by atoms with van der Waals surface area (Å²) in [5.41, 5.74) is 11.0. The van der Waals surface area contributed by atoms with E-state index in [1.165, 1.54) is 0 Å².